The summed E-state index contributed by atoms with van der Waals surface area (Å²) in [5, 5.41) is 14.4. The molecule has 3 aliphatic rings. The largest absolute Gasteiger partial charge is 0.370 e. The summed E-state index contributed by atoms with van der Waals surface area (Å²) in [5.74, 6) is -6.37. The molecule has 3 fully saturated rings. The number of amides is 10. The molecule has 0 aromatic rings. The van der Waals surface area contributed by atoms with Crippen LogP contribution in [0.15, 0.2) is 4.99 Å². The minimum atomic E-state index is -1.18. The second-order valence-corrected chi connectivity index (χ2v) is 14.7. The average Bonchev–Trinajstić information content (AvgIpc) is 4.03. The Kier molecular flexibility index (Phi) is 19.1. The highest BCUT2D eigenvalue weighted by atomic mass is 16.2. The summed E-state index contributed by atoms with van der Waals surface area (Å²) in [6, 6.07) is -5.92. The highest BCUT2D eigenvalue weighted by molar-refractivity contribution is 6.02. The van der Waals surface area contributed by atoms with Crippen molar-refractivity contribution >= 4 is 65.0 Å². The Morgan fingerprint density at radius 2 is 1.23 bits per heavy atom. The van der Waals surface area contributed by atoms with Crippen molar-refractivity contribution < 1.29 is 47.9 Å². The maximum absolute atomic E-state index is 14.1. The Labute approximate surface area is 347 Å². The van der Waals surface area contributed by atoms with Gasteiger partial charge in [-0.25, -0.2) is 0 Å². The third kappa shape index (κ3) is 13.8. The first kappa shape index (κ1) is 48.5. The van der Waals surface area contributed by atoms with Crippen molar-refractivity contribution in [1.29, 1.82) is 0 Å². The molecule has 0 bridgehead atoms. The van der Waals surface area contributed by atoms with Gasteiger partial charge in [0.05, 0.1) is 26.2 Å². The number of carbonyl (C=O) groups excluding carboxylic acids is 10. The molecule has 0 radical (unpaired) electrons. The molecular weight excluding hydrogens is 788 g/mol. The molecule has 334 valence electrons. The van der Waals surface area contributed by atoms with Crippen LogP contribution in [0.1, 0.15) is 71.6 Å². The van der Waals surface area contributed by atoms with Gasteiger partial charge in [-0.15, -0.1) is 0 Å². The van der Waals surface area contributed by atoms with E-state index in [9.17, 15) is 47.9 Å². The Balaban J connectivity index is 1.60. The molecular formula is C36H60N14O10. The number of carbonyl (C=O) groups is 10. The van der Waals surface area contributed by atoms with Gasteiger partial charge in [-0.3, -0.25) is 58.3 Å². The first-order valence-electron chi connectivity index (χ1n) is 20.2. The lowest BCUT2D eigenvalue weighted by Gasteiger charge is -2.33. The first-order chi connectivity index (χ1) is 28.5. The Bertz CT molecular complexity index is 1660. The van der Waals surface area contributed by atoms with Crippen molar-refractivity contribution in [2.24, 2.45) is 27.9 Å². The Morgan fingerprint density at radius 1 is 0.667 bits per heavy atom. The van der Waals surface area contributed by atoms with Crippen LogP contribution in [0.3, 0.4) is 0 Å². The van der Waals surface area contributed by atoms with Crippen LogP contribution in [-0.2, 0) is 47.9 Å². The molecule has 6 atom stereocenters. The van der Waals surface area contributed by atoms with Gasteiger partial charge in [0, 0.05) is 26.2 Å². The van der Waals surface area contributed by atoms with E-state index in [0.29, 0.717) is 45.1 Å². The van der Waals surface area contributed by atoms with E-state index in [1.54, 1.807) is 6.92 Å². The summed E-state index contributed by atoms with van der Waals surface area (Å²) >= 11 is 0. The van der Waals surface area contributed by atoms with Crippen molar-refractivity contribution in [3.05, 3.63) is 0 Å². The van der Waals surface area contributed by atoms with E-state index in [2.05, 4.69) is 36.9 Å². The second kappa shape index (κ2) is 23.6. The molecule has 0 saturated carbocycles. The number of guanidine groups is 1. The van der Waals surface area contributed by atoms with Crippen molar-refractivity contribution in [3.8, 4) is 0 Å². The first-order valence-corrected chi connectivity index (χ1v) is 20.2. The lowest BCUT2D eigenvalue weighted by molar-refractivity contribution is -0.148. The molecule has 0 aromatic heterocycles. The number of nitrogens with one attached hydrogen (secondary N) is 6. The fourth-order valence-electron chi connectivity index (χ4n) is 7.28. The molecule has 14 N–H and O–H groups in total. The van der Waals surface area contributed by atoms with Gasteiger partial charge < -0.3 is 64.2 Å². The maximum atomic E-state index is 14.1. The van der Waals surface area contributed by atoms with Crippen molar-refractivity contribution in [2.45, 2.75) is 108 Å². The van der Waals surface area contributed by atoms with Crippen LogP contribution in [0.2, 0.25) is 0 Å². The summed E-state index contributed by atoms with van der Waals surface area (Å²) < 4.78 is 0. The van der Waals surface area contributed by atoms with E-state index in [1.165, 1.54) is 21.6 Å². The number of nitrogens with two attached hydrogens (primary N) is 4. The zero-order chi connectivity index (χ0) is 44.5. The summed E-state index contributed by atoms with van der Waals surface area (Å²) in [4.78, 5) is 137. The zero-order valence-corrected chi connectivity index (χ0v) is 34.2. The Morgan fingerprint density at radius 3 is 1.83 bits per heavy atom. The van der Waals surface area contributed by atoms with Gasteiger partial charge in [0.15, 0.2) is 5.96 Å². The number of hydrogen-bond acceptors (Lipinski definition) is 13. The van der Waals surface area contributed by atoms with Crippen LogP contribution >= 0.6 is 0 Å². The third-order valence-corrected chi connectivity index (χ3v) is 10.4. The molecule has 0 spiro atoms. The van der Waals surface area contributed by atoms with Crippen LogP contribution in [0, 0.1) is 0 Å². The van der Waals surface area contributed by atoms with E-state index in [-0.39, 0.29) is 63.9 Å². The molecule has 0 aliphatic carbocycles. The van der Waals surface area contributed by atoms with E-state index in [0.717, 1.165) is 0 Å². The summed E-state index contributed by atoms with van der Waals surface area (Å²) in [6.45, 7) is 2.22. The van der Waals surface area contributed by atoms with E-state index in [1.807, 2.05) is 0 Å². The smallest absolute Gasteiger partial charge is 0.249 e. The monoisotopic (exact) mass is 848 g/mol. The summed E-state index contributed by atoms with van der Waals surface area (Å²) in [5.41, 5.74) is 21.7. The normalized spacial score (nSPS) is 19.9. The van der Waals surface area contributed by atoms with Gasteiger partial charge in [-0.05, 0) is 64.7 Å². The van der Waals surface area contributed by atoms with Crippen molar-refractivity contribution in [3.63, 3.8) is 0 Å². The van der Waals surface area contributed by atoms with Gasteiger partial charge in [0.25, 0.3) is 0 Å². The predicted octanol–water partition coefficient (Wildman–Crippen LogP) is -6.31. The van der Waals surface area contributed by atoms with E-state index in [4.69, 9.17) is 22.9 Å². The fraction of sp³-hybridized carbons (Fsp3) is 0.694. The van der Waals surface area contributed by atoms with Gasteiger partial charge in [-0.1, -0.05) is 6.92 Å². The number of aliphatic imine (C=N–C) groups is 1. The minimum Gasteiger partial charge on any atom is -0.370 e. The highest BCUT2D eigenvalue weighted by Gasteiger charge is 2.44. The van der Waals surface area contributed by atoms with Gasteiger partial charge in [-0.2, -0.15) is 0 Å². The highest BCUT2D eigenvalue weighted by Crippen LogP contribution is 2.27. The third-order valence-electron chi connectivity index (χ3n) is 10.4. The van der Waals surface area contributed by atoms with Crippen LogP contribution < -0.4 is 54.8 Å². The molecule has 2 unspecified atom stereocenters. The van der Waals surface area contributed by atoms with E-state index >= 15 is 0 Å². The molecule has 60 heavy (non-hydrogen) atoms. The average molecular weight is 849 g/mol. The van der Waals surface area contributed by atoms with Crippen LogP contribution in [0.5, 0.6) is 0 Å². The van der Waals surface area contributed by atoms with E-state index < -0.39 is 103 Å². The molecule has 3 saturated heterocycles. The summed E-state index contributed by atoms with van der Waals surface area (Å²) in [6.07, 6.45) is 3.05. The molecule has 24 heteroatoms. The minimum absolute atomic E-state index is 0.0724. The fourth-order valence-corrected chi connectivity index (χ4v) is 7.28. The van der Waals surface area contributed by atoms with Crippen molar-refractivity contribution in [1.82, 2.24) is 46.6 Å². The SMILES string of the molecule is CCC(NC(=O)[C@@H]1CCCN1C(=O)[C@@H]1CCCN1C(=O)[C@H](CCCN=C(N)N)NC(=O)[C@@H]1CCCN1C(=O)CN)C(=O)NC(=O)CNC(=O)CNC(=O)C(C)NC(=O)CN. The molecule has 24 nitrogen and oxygen atoms in total. The lowest BCUT2D eigenvalue weighted by Crippen LogP contribution is -2.58. The van der Waals surface area contributed by atoms with Gasteiger partial charge in [0.1, 0.15) is 36.3 Å². The molecule has 10 amide bonds. The molecule has 3 aliphatic heterocycles. The standard InChI is InChI=1S/C36H60N14O10/c1-3-21(31(56)47-28(53)19-42-27(52)18-43-30(55)20(2)44-26(51)16-37)45-33(58)24-10-6-14-49(24)35(60)25-11-7-15-50(25)34(59)22(8-4-12-41-36(39)40)46-32(57)23-9-5-13-48(23)29(54)17-38/h20-25H,3-19,37-38H2,1-2H3,(H,42,52)(H,43,55)(H,44,51)(H,45,58)(H,46,57)(H4,39,40,41)(H,47,53,56)/t20?,21?,22-,23-,24-,25-/m0/s1. The molecule has 0 aromatic carbocycles. The number of rotatable bonds is 20. The van der Waals surface area contributed by atoms with Crippen LogP contribution in [0.4, 0.5) is 0 Å². The number of hydrogen-bond donors (Lipinski definition) is 10. The van der Waals surface area contributed by atoms with Gasteiger partial charge >= 0.3 is 0 Å². The van der Waals surface area contributed by atoms with Crippen molar-refractivity contribution in [2.75, 3.05) is 52.4 Å². The maximum Gasteiger partial charge on any atom is 0.249 e. The number of nitrogens with zero attached hydrogens (tertiary/aromatic N) is 4. The molecule has 3 heterocycles. The zero-order valence-electron chi connectivity index (χ0n) is 34.2. The second-order valence-electron chi connectivity index (χ2n) is 14.7. The van der Waals surface area contributed by atoms with Crippen LogP contribution in [-0.4, -0.2) is 168 Å². The lowest BCUT2D eigenvalue weighted by atomic mass is 10.1. The number of imide groups is 1. The van der Waals surface area contributed by atoms with Gasteiger partial charge in [0.2, 0.25) is 59.1 Å². The molecule has 3 rings (SSSR count). The summed E-state index contributed by atoms with van der Waals surface area (Å²) in [7, 11) is 0. The topological polar surface area (TPSA) is 369 Å². The quantitative estimate of drug-likeness (QED) is 0.0310. The Hall–Kier alpha value is -5.91. The number of likely N-dealkylation sites (tertiary alicyclic amines) is 3. The van der Waals surface area contributed by atoms with Crippen LogP contribution in [0.25, 0.3) is 0 Å². The predicted molar refractivity (Wildman–Crippen MR) is 213 cm³/mol.